The molecule has 3 fully saturated rings. The fourth-order valence-corrected chi connectivity index (χ4v) is 6.09. The monoisotopic (exact) mass is 594 g/mol. The Morgan fingerprint density at radius 3 is 2.40 bits per heavy atom. The maximum absolute atomic E-state index is 12.3. The predicted octanol–water partition coefficient (Wildman–Crippen LogP) is 2.52. The van der Waals surface area contributed by atoms with Gasteiger partial charge in [0.1, 0.15) is 11.8 Å². The summed E-state index contributed by atoms with van der Waals surface area (Å²) in [4.78, 5) is 42.9. The Bertz CT molecular complexity index is 1270. The van der Waals surface area contributed by atoms with E-state index in [1.54, 1.807) is 4.90 Å². The molecule has 5 rings (SSSR count). The molecule has 0 radical (unpaired) electrons. The molecule has 0 bridgehead atoms. The minimum atomic E-state index is -0.665. The molecule has 4 heterocycles. The molecule has 1 aromatic heterocycles. The minimum absolute atomic E-state index is 0.0661. The molecule has 1 atom stereocenters. The highest BCUT2D eigenvalue weighted by atomic mass is 32.1. The van der Waals surface area contributed by atoms with Crippen molar-refractivity contribution in [3.8, 4) is 5.88 Å². The van der Waals surface area contributed by atoms with Gasteiger partial charge in [-0.05, 0) is 56.0 Å². The highest BCUT2D eigenvalue weighted by Crippen LogP contribution is 2.29. The molecule has 12 heteroatoms. The number of piperidine rings is 1. The van der Waals surface area contributed by atoms with Gasteiger partial charge in [0.15, 0.2) is 11.5 Å². The van der Waals surface area contributed by atoms with E-state index in [1.807, 2.05) is 19.1 Å². The van der Waals surface area contributed by atoms with Gasteiger partial charge in [-0.15, -0.1) is 0 Å². The summed E-state index contributed by atoms with van der Waals surface area (Å²) in [5, 5.41) is 4.66. The molecular weight excluding hydrogens is 552 g/mol. The predicted molar refractivity (Wildman–Crippen MR) is 168 cm³/mol. The summed E-state index contributed by atoms with van der Waals surface area (Å²) in [5.41, 5.74) is 8.25. The maximum atomic E-state index is 12.3. The minimum Gasteiger partial charge on any atom is -0.471 e. The largest absolute Gasteiger partial charge is 0.471 e. The molecule has 0 aliphatic carbocycles. The lowest BCUT2D eigenvalue weighted by Gasteiger charge is -2.42. The number of anilines is 3. The zero-order valence-electron chi connectivity index (χ0n) is 24.5. The van der Waals surface area contributed by atoms with Crippen molar-refractivity contribution in [3.05, 3.63) is 47.1 Å². The summed E-state index contributed by atoms with van der Waals surface area (Å²) in [6.45, 7) is 9.65. The number of likely N-dealkylation sites (tertiary alicyclic amines) is 1. The van der Waals surface area contributed by atoms with E-state index in [2.05, 4.69) is 61.8 Å². The summed E-state index contributed by atoms with van der Waals surface area (Å²) in [6.07, 6.45) is 4.73. The first-order chi connectivity index (χ1) is 20.3. The molecule has 226 valence electrons. The van der Waals surface area contributed by atoms with Crippen LogP contribution in [0.3, 0.4) is 0 Å². The number of aryl methyl sites for hydroxylation is 1. The van der Waals surface area contributed by atoms with Crippen molar-refractivity contribution < 1.29 is 14.3 Å². The van der Waals surface area contributed by atoms with E-state index >= 15 is 0 Å². The lowest BCUT2D eigenvalue weighted by molar-refractivity contribution is -0.125. The zero-order valence-corrected chi connectivity index (χ0v) is 25.4. The van der Waals surface area contributed by atoms with E-state index in [-0.39, 0.29) is 23.5 Å². The van der Waals surface area contributed by atoms with Crippen molar-refractivity contribution in [2.45, 2.75) is 44.8 Å². The van der Waals surface area contributed by atoms with E-state index in [0.29, 0.717) is 43.5 Å². The third-order valence-electron chi connectivity index (χ3n) is 8.47. The van der Waals surface area contributed by atoms with Gasteiger partial charge >= 0.3 is 0 Å². The first-order valence-corrected chi connectivity index (χ1v) is 15.4. The number of nitrogens with one attached hydrogen (secondary N) is 1. The highest BCUT2D eigenvalue weighted by Gasteiger charge is 2.29. The van der Waals surface area contributed by atoms with Crippen LogP contribution in [0.1, 0.15) is 42.4 Å². The molecule has 3 aliphatic heterocycles. The van der Waals surface area contributed by atoms with Gasteiger partial charge in [-0.25, -0.2) is 4.98 Å². The number of ether oxygens (including phenoxy) is 1. The topological polar surface area (TPSA) is 120 Å². The first kappa shape index (κ1) is 30.1. The second-order valence-corrected chi connectivity index (χ2v) is 11.5. The Hall–Kier alpha value is -3.35. The fourth-order valence-electron chi connectivity index (χ4n) is 5.96. The van der Waals surface area contributed by atoms with Crippen LogP contribution in [0, 0.1) is 0 Å². The lowest BCUT2D eigenvalue weighted by Crippen LogP contribution is -2.52. The number of hydrogen-bond acceptors (Lipinski definition) is 10. The van der Waals surface area contributed by atoms with Gasteiger partial charge in [-0.1, -0.05) is 6.92 Å². The summed E-state index contributed by atoms with van der Waals surface area (Å²) in [5.74, 6) is -0.178. The van der Waals surface area contributed by atoms with Gasteiger partial charge in [0.2, 0.25) is 11.8 Å². The molecule has 3 saturated heterocycles. The summed E-state index contributed by atoms with van der Waals surface area (Å²) in [6, 6.07) is 8.83. The number of primary amides is 1. The van der Waals surface area contributed by atoms with Gasteiger partial charge in [-0.3, -0.25) is 14.5 Å². The third-order valence-corrected chi connectivity index (χ3v) is 8.61. The summed E-state index contributed by atoms with van der Waals surface area (Å²) < 4.78 is 6.21. The second-order valence-electron chi connectivity index (χ2n) is 11.2. The Kier molecular flexibility index (Phi) is 9.86. The number of benzene rings is 1. The van der Waals surface area contributed by atoms with E-state index < -0.39 is 5.91 Å². The Morgan fingerprint density at radius 2 is 1.76 bits per heavy atom. The SMILES string of the molecule is CCc1nc(C(N)=O)c(Nc2ccc(N3CCC(N4CCN(C)CC4)CC3)cc2)nc1O[C@@H]1CCN(C(=O)C=CS)C1. The second kappa shape index (κ2) is 13.7. The molecule has 0 unspecified atom stereocenters. The Balaban J connectivity index is 1.24. The number of piperazine rings is 1. The van der Waals surface area contributed by atoms with E-state index in [0.717, 1.165) is 45.0 Å². The first-order valence-electron chi connectivity index (χ1n) is 14.9. The lowest BCUT2D eigenvalue weighted by atomic mass is 10.0. The van der Waals surface area contributed by atoms with Crippen LogP contribution < -0.4 is 20.7 Å². The van der Waals surface area contributed by atoms with Gasteiger partial charge in [0, 0.05) is 75.7 Å². The number of aromatic nitrogens is 2. The number of likely N-dealkylation sites (N-methyl/N-ethyl adjacent to an activating group) is 1. The molecule has 11 nitrogen and oxygen atoms in total. The van der Waals surface area contributed by atoms with Crippen molar-refractivity contribution >= 4 is 41.6 Å². The van der Waals surface area contributed by atoms with Crippen molar-refractivity contribution in [2.24, 2.45) is 5.73 Å². The van der Waals surface area contributed by atoms with Gasteiger partial charge in [0.05, 0.1) is 6.54 Å². The zero-order chi connectivity index (χ0) is 29.6. The van der Waals surface area contributed by atoms with Crippen LogP contribution in [0.4, 0.5) is 17.2 Å². The summed E-state index contributed by atoms with van der Waals surface area (Å²) >= 11 is 3.99. The van der Waals surface area contributed by atoms with Gasteiger partial charge in [-0.2, -0.15) is 17.6 Å². The molecule has 3 aliphatic rings. The van der Waals surface area contributed by atoms with Gasteiger partial charge in [0.25, 0.3) is 5.91 Å². The van der Waals surface area contributed by atoms with Crippen molar-refractivity contribution in [1.29, 1.82) is 0 Å². The average Bonchev–Trinajstić information content (AvgIpc) is 3.47. The number of carbonyl (C=O) groups excluding carboxylic acids is 2. The molecule has 42 heavy (non-hydrogen) atoms. The van der Waals surface area contributed by atoms with E-state index in [1.165, 1.54) is 30.0 Å². The highest BCUT2D eigenvalue weighted by molar-refractivity contribution is 7.83. The number of amides is 2. The molecular formula is C30H42N8O3S. The van der Waals surface area contributed by atoms with Crippen LogP contribution in [-0.4, -0.2) is 108 Å². The Labute approximate surface area is 253 Å². The van der Waals surface area contributed by atoms with Crippen LogP contribution in [0.25, 0.3) is 0 Å². The number of rotatable bonds is 9. The molecule has 1 aromatic carbocycles. The standard InChI is InChI=1S/C30H42N8O3S/c1-3-25-30(41-24-10-14-38(20-24)26(39)11-19-42)34-29(27(33-25)28(31)40)32-21-4-6-22(7-5-21)36-12-8-23(9-13-36)37-17-15-35(2)16-18-37/h4-7,11,19,23-24,42H,3,8-10,12-18,20H2,1-2H3,(H2,31,40)(H,32,34)/t24-/m1/s1. The van der Waals surface area contributed by atoms with Crippen LogP contribution in [0.15, 0.2) is 35.7 Å². The molecule has 0 saturated carbocycles. The van der Waals surface area contributed by atoms with Gasteiger partial charge < -0.3 is 30.5 Å². The number of nitrogens with two attached hydrogens (primary N) is 1. The smallest absolute Gasteiger partial charge is 0.271 e. The maximum Gasteiger partial charge on any atom is 0.271 e. The number of carbonyl (C=O) groups is 2. The molecule has 3 N–H and O–H groups in total. The van der Waals surface area contributed by atoms with E-state index in [4.69, 9.17) is 10.5 Å². The summed E-state index contributed by atoms with van der Waals surface area (Å²) in [7, 11) is 2.20. The van der Waals surface area contributed by atoms with Crippen LogP contribution in [-0.2, 0) is 11.2 Å². The quantitative estimate of drug-likeness (QED) is 0.297. The van der Waals surface area contributed by atoms with Crippen molar-refractivity contribution in [2.75, 3.05) is 69.6 Å². The van der Waals surface area contributed by atoms with Crippen LogP contribution in [0.2, 0.25) is 0 Å². The van der Waals surface area contributed by atoms with Crippen molar-refractivity contribution in [3.63, 3.8) is 0 Å². The van der Waals surface area contributed by atoms with Crippen molar-refractivity contribution in [1.82, 2.24) is 24.7 Å². The molecule has 2 amide bonds. The number of hydrogen-bond donors (Lipinski definition) is 3. The Morgan fingerprint density at radius 1 is 1.05 bits per heavy atom. The average molecular weight is 595 g/mol. The number of thiol groups is 1. The molecule has 2 aromatic rings. The van der Waals surface area contributed by atoms with Crippen LogP contribution in [0.5, 0.6) is 5.88 Å². The fraction of sp³-hybridized carbons (Fsp3) is 0.533. The third kappa shape index (κ3) is 7.16. The van der Waals surface area contributed by atoms with E-state index in [9.17, 15) is 9.59 Å². The normalized spacial score (nSPS) is 20.8. The molecule has 0 spiro atoms. The number of nitrogens with zero attached hydrogens (tertiary/aromatic N) is 6. The van der Waals surface area contributed by atoms with Crippen LogP contribution >= 0.6 is 12.6 Å².